The lowest BCUT2D eigenvalue weighted by Crippen LogP contribution is -2.31. The molecule has 2 heterocycles. The van der Waals surface area contributed by atoms with Crippen molar-refractivity contribution in [2.45, 2.75) is 38.8 Å². The Morgan fingerprint density at radius 1 is 1.05 bits per heavy atom. The number of aliphatic hydroxyl groups excluding tert-OH is 1. The van der Waals surface area contributed by atoms with Gasteiger partial charge in [-0.3, -0.25) is 9.59 Å². The number of hydrogen-bond acceptors (Lipinski definition) is 6. The first-order valence-electron chi connectivity index (χ1n) is 12.8. The normalized spacial score (nSPS) is 19.8. The molecule has 0 bridgehead atoms. The fourth-order valence-electron chi connectivity index (χ4n) is 5.21. The molecule has 0 saturated carbocycles. The quantitative estimate of drug-likeness (QED) is 0.257. The summed E-state index contributed by atoms with van der Waals surface area (Å²) in [7, 11) is 1.54. The smallest absolute Gasteiger partial charge is 0.295 e. The Labute approximate surface area is 222 Å². The molecule has 7 heteroatoms. The second-order valence-electron chi connectivity index (χ2n) is 9.53. The van der Waals surface area contributed by atoms with Gasteiger partial charge >= 0.3 is 0 Å². The second-order valence-corrected chi connectivity index (χ2v) is 9.53. The van der Waals surface area contributed by atoms with Crippen molar-refractivity contribution >= 4 is 17.4 Å². The van der Waals surface area contributed by atoms with Crippen molar-refractivity contribution in [2.24, 2.45) is 0 Å². The minimum atomic E-state index is -0.785. The van der Waals surface area contributed by atoms with Gasteiger partial charge in [-0.2, -0.15) is 0 Å². The van der Waals surface area contributed by atoms with Crippen molar-refractivity contribution in [1.82, 2.24) is 4.90 Å². The fourth-order valence-corrected chi connectivity index (χ4v) is 5.21. The summed E-state index contributed by atoms with van der Waals surface area (Å²) >= 11 is 0. The molecule has 0 spiro atoms. The highest BCUT2D eigenvalue weighted by Crippen LogP contribution is 2.42. The average Bonchev–Trinajstić information content (AvgIpc) is 3.43. The van der Waals surface area contributed by atoms with Crippen LogP contribution in [0.15, 0.2) is 72.3 Å². The van der Waals surface area contributed by atoms with Crippen molar-refractivity contribution in [3.63, 3.8) is 0 Å². The number of ether oxygens (including phenoxy) is 3. The van der Waals surface area contributed by atoms with Crippen molar-refractivity contribution in [3.8, 4) is 17.2 Å². The summed E-state index contributed by atoms with van der Waals surface area (Å²) in [6, 6.07) is 19.7. The number of Topliss-reactive ketones (excluding diaryl/α,β-unsaturated/α-hetero) is 1. The van der Waals surface area contributed by atoms with Crippen LogP contribution < -0.4 is 14.2 Å². The van der Waals surface area contributed by atoms with E-state index in [-0.39, 0.29) is 17.4 Å². The maximum absolute atomic E-state index is 13.4. The highest BCUT2D eigenvalue weighted by Gasteiger charge is 2.46. The molecule has 2 atom stereocenters. The third-order valence-electron chi connectivity index (χ3n) is 7.00. The average molecular weight is 514 g/mol. The summed E-state index contributed by atoms with van der Waals surface area (Å²) in [6.07, 6.45) is 1.32. The van der Waals surface area contributed by atoms with Crippen LogP contribution in [-0.2, 0) is 22.4 Å². The van der Waals surface area contributed by atoms with Crippen LogP contribution in [0, 0.1) is 0 Å². The highest BCUT2D eigenvalue weighted by atomic mass is 16.5. The largest absolute Gasteiger partial charge is 0.507 e. The number of fused-ring (bicyclic) bond motifs is 1. The van der Waals surface area contributed by atoms with Crippen molar-refractivity contribution in [3.05, 3.63) is 94.6 Å². The number of benzene rings is 3. The molecule has 1 saturated heterocycles. The van der Waals surface area contributed by atoms with E-state index in [0.717, 1.165) is 16.9 Å². The van der Waals surface area contributed by atoms with Crippen LogP contribution in [0.5, 0.6) is 17.2 Å². The van der Waals surface area contributed by atoms with Gasteiger partial charge in [-0.05, 0) is 67.3 Å². The van der Waals surface area contributed by atoms with E-state index in [9.17, 15) is 14.7 Å². The molecule has 196 valence electrons. The summed E-state index contributed by atoms with van der Waals surface area (Å²) in [4.78, 5) is 28.3. The third kappa shape index (κ3) is 4.72. The molecule has 1 N–H and O–H groups in total. The van der Waals surface area contributed by atoms with Gasteiger partial charge in [0.2, 0.25) is 0 Å². The number of carbonyl (C=O) groups excluding carboxylic acids is 2. The molecule has 3 aromatic carbocycles. The van der Waals surface area contributed by atoms with E-state index in [1.165, 1.54) is 4.90 Å². The molecule has 3 aromatic rings. The predicted octanol–water partition coefficient (Wildman–Crippen LogP) is 5.08. The number of amides is 1. The van der Waals surface area contributed by atoms with Gasteiger partial charge in [0.1, 0.15) is 17.6 Å². The van der Waals surface area contributed by atoms with Crippen LogP contribution in [0.3, 0.4) is 0 Å². The van der Waals surface area contributed by atoms with Gasteiger partial charge in [0, 0.05) is 18.5 Å². The van der Waals surface area contributed by atoms with E-state index >= 15 is 0 Å². The number of aliphatic hydroxyl groups is 1. The lowest BCUT2D eigenvalue weighted by molar-refractivity contribution is -0.139. The van der Waals surface area contributed by atoms with Crippen molar-refractivity contribution in [2.75, 3.05) is 20.3 Å². The first-order chi connectivity index (χ1) is 18.4. The topological polar surface area (TPSA) is 85.3 Å². The number of hydrogen-bond donors (Lipinski definition) is 1. The van der Waals surface area contributed by atoms with Crippen molar-refractivity contribution < 1.29 is 28.9 Å². The Bertz CT molecular complexity index is 1400. The standard InChI is InChI=1S/C31H31NO6/c1-4-37-25-13-10-21(18-26(25)36-3)28-27(29(33)22-11-12-24-23(17-22)16-19(2)38-24)30(34)31(35)32(28)15-14-20-8-6-5-7-9-20/h5-13,17-19,28,33H,4,14-16H2,1-3H3/b29-27+/t19-,28+/m0/s1. The van der Waals surface area contributed by atoms with Crippen LogP contribution >= 0.6 is 0 Å². The molecule has 7 nitrogen and oxygen atoms in total. The van der Waals surface area contributed by atoms with E-state index < -0.39 is 17.7 Å². The van der Waals surface area contributed by atoms with Gasteiger partial charge in [0.05, 0.1) is 25.3 Å². The summed E-state index contributed by atoms with van der Waals surface area (Å²) in [6.45, 7) is 4.64. The van der Waals surface area contributed by atoms with Gasteiger partial charge in [-0.1, -0.05) is 36.4 Å². The number of carbonyl (C=O) groups is 2. The Kier molecular flexibility index (Phi) is 7.09. The molecule has 2 aliphatic rings. The lowest BCUT2D eigenvalue weighted by atomic mass is 9.94. The predicted molar refractivity (Wildman–Crippen MR) is 144 cm³/mol. The first-order valence-corrected chi connectivity index (χ1v) is 12.8. The zero-order valence-electron chi connectivity index (χ0n) is 21.8. The third-order valence-corrected chi connectivity index (χ3v) is 7.00. The molecule has 0 unspecified atom stereocenters. The second kappa shape index (κ2) is 10.6. The first kappa shape index (κ1) is 25.4. The zero-order valence-corrected chi connectivity index (χ0v) is 21.8. The summed E-state index contributed by atoms with van der Waals surface area (Å²) in [5.74, 6) is 0.266. The summed E-state index contributed by atoms with van der Waals surface area (Å²) < 4.78 is 17.0. The molecule has 2 aliphatic heterocycles. The number of likely N-dealkylation sites (tertiary alicyclic amines) is 1. The van der Waals surface area contributed by atoms with E-state index in [4.69, 9.17) is 14.2 Å². The molecule has 5 rings (SSSR count). The summed E-state index contributed by atoms with van der Waals surface area (Å²) in [5.41, 5.74) is 3.19. The molecule has 0 aliphatic carbocycles. The maximum atomic E-state index is 13.4. The monoisotopic (exact) mass is 513 g/mol. The molecule has 0 aromatic heterocycles. The molecule has 0 radical (unpaired) electrons. The molecule has 1 fully saturated rings. The molecular formula is C31H31NO6. The van der Waals surface area contributed by atoms with Gasteiger partial charge in [-0.25, -0.2) is 0 Å². The Balaban J connectivity index is 1.60. The molecule has 1 amide bonds. The van der Waals surface area contributed by atoms with Gasteiger partial charge in [-0.15, -0.1) is 0 Å². The van der Waals surface area contributed by atoms with E-state index in [1.807, 2.05) is 56.3 Å². The van der Waals surface area contributed by atoms with E-state index in [2.05, 4.69) is 0 Å². The summed E-state index contributed by atoms with van der Waals surface area (Å²) in [5, 5.41) is 11.5. The van der Waals surface area contributed by atoms with Crippen LogP contribution in [0.1, 0.15) is 42.1 Å². The van der Waals surface area contributed by atoms with Crippen LogP contribution in [0.25, 0.3) is 5.76 Å². The van der Waals surface area contributed by atoms with E-state index in [0.29, 0.717) is 48.6 Å². The number of nitrogens with zero attached hydrogens (tertiary/aromatic N) is 1. The Hall–Kier alpha value is -4.26. The van der Waals surface area contributed by atoms with Crippen LogP contribution in [-0.4, -0.2) is 48.1 Å². The fraction of sp³-hybridized carbons (Fsp3) is 0.290. The highest BCUT2D eigenvalue weighted by molar-refractivity contribution is 6.46. The van der Waals surface area contributed by atoms with Gasteiger partial charge < -0.3 is 24.2 Å². The minimum Gasteiger partial charge on any atom is -0.507 e. The lowest BCUT2D eigenvalue weighted by Gasteiger charge is -2.26. The van der Waals surface area contributed by atoms with Crippen molar-refractivity contribution in [1.29, 1.82) is 0 Å². The molecular weight excluding hydrogens is 482 g/mol. The number of ketones is 1. The minimum absolute atomic E-state index is 0.0438. The number of methoxy groups -OCH3 is 1. The Morgan fingerprint density at radius 3 is 2.58 bits per heavy atom. The van der Waals surface area contributed by atoms with E-state index in [1.54, 1.807) is 31.4 Å². The SMILES string of the molecule is CCOc1ccc([C@@H]2/C(=C(\O)c3ccc4c(c3)C[C@H](C)O4)C(=O)C(=O)N2CCc2ccccc2)cc1OC. The van der Waals surface area contributed by atoms with Crippen LogP contribution in [0.2, 0.25) is 0 Å². The Morgan fingerprint density at radius 2 is 1.84 bits per heavy atom. The maximum Gasteiger partial charge on any atom is 0.295 e. The zero-order chi connectivity index (χ0) is 26.8. The van der Waals surface area contributed by atoms with Gasteiger partial charge in [0.15, 0.2) is 11.5 Å². The van der Waals surface area contributed by atoms with Gasteiger partial charge in [0.25, 0.3) is 11.7 Å². The molecule has 38 heavy (non-hydrogen) atoms. The van der Waals surface area contributed by atoms with Crippen LogP contribution in [0.4, 0.5) is 0 Å². The number of rotatable bonds is 8.